The second-order valence-electron chi connectivity index (χ2n) is 3.37. The van der Waals surface area contributed by atoms with Crippen molar-refractivity contribution < 1.29 is 4.39 Å². The van der Waals surface area contributed by atoms with E-state index in [9.17, 15) is 4.39 Å². The van der Waals surface area contributed by atoms with Crippen molar-refractivity contribution in [2.45, 2.75) is 26.1 Å². The van der Waals surface area contributed by atoms with Gasteiger partial charge in [-0.15, -0.1) is 11.3 Å². The van der Waals surface area contributed by atoms with E-state index < -0.39 is 6.17 Å². The standard InChI is InChI=1S/C9H13FN2S/c1-2-9-11-3-8(13-9)6-12-4-7(10)5-12/h3,7H,2,4-6H2,1H3. The van der Waals surface area contributed by atoms with Crippen molar-refractivity contribution in [1.82, 2.24) is 9.88 Å². The molecule has 1 aromatic heterocycles. The molecule has 1 aromatic rings. The molecule has 2 rings (SSSR count). The largest absolute Gasteiger partial charge is 0.292 e. The minimum Gasteiger partial charge on any atom is -0.292 e. The highest BCUT2D eigenvalue weighted by atomic mass is 32.1. The Hall–Kier alpha value is -0.480. The third kappa shape index (κ3) is 2.06. The van der Waals surface area contributed by atoms with Gasteiger partial charge in [0.15, 0.2) is 0 Å². The minimum absolute atomic E-state index is 0.597. The van der Waals surface area contributed by atoms with Crippen LogP contribution in [0.2, 0.25) is 0 Å². The van der Waals surface area contributed by atoms with E-state index in [2.05, 4.69) is 16.8 Å². The van der Waals surface area contributed by atoms with Gasteiger partial charge in [-0.25, -0.2) is 9.37 Å². The Morgan fingerprint density at radius 2 is 2.46 bits per heavy atom. The molecule has 1 fully saturated rings. The first kappa shape index (κ1) is 9.09. The number of hydrogen-bond donors (Lipinski definition) is 0. The summed E-state index contributed by atoms with van der Waals surface area (Å²) in [4.78, 5) is 7.63. The number of aromatic nitrogens is 1. The molecule has 0 amide bonds. The number of rotatable bonds is 3. The van der Waals surface area contributed by atoms with Gasteiger partial charge in [0, 0.05) is 30.7 Å². The lowest BCUT2D eigenvalue weighted by Gasteiger charge is -2.33. The Balaban J connectivity index is 1.87. The normalized spacial score (nSPS) is 18.9. The molecule has 0 spiro atoms. The Morgan fingerprint density at radius 1 is 1.69 bits per heavy atom. The molecule has 0 radical (unpaired) electrons. The first-order valence-corrected chi connectivity index (χ1v) is 5.39. The predicted molar refractivity (Wildman–Crippen MR) is 51.7 cm³/mol. The van der Waals surface area contributed by atoms with Gasteiger partial charge in [0.1, 0.15) is 6.17 Å². The van der Waals surface area contributed by atoms with Crippen molar-refractivity contribution in [3.8, 4) is 0 Å². The fraction of sp³-hybridized carbons (Fsp3) is 0.667. The smallest absolute Gasteiger partial charge is 0.125 e. The van der Waals surface area contributed by atoms with Gasteiger partial charge in [0.2, 0.25) is 0 Å². The van der Waals surface area contributed by atoms with Crippen molar-refractivity contribution in [1.29, 1.82) is 0 Å². The maximum Gasteiger partial charge on any atom is 0.125 e. The van der Waals surface area contributed by atoms with Crippen molar-refractivity contribution in [2.24, 2.45) is 0 Å². The van der Waals surface area contributed by atoms with Crippen LogP contribution in [0.15, 0.2) is 6.20 Å². The van der Waals surface area contributed by atoms with E-state index in [0.717, 1.165) is 13.0 Å². The fourth-order valence-corrected chi connectivity index (χ4v) is 2.35. The van der Waals surface area contributed by atoms with Crippen LogP contribution in [0.25, 0.3) is 0 Å². The van der Waals surface area contributed by atoms with E-state index in [1.54, 1.807) is 11.3 Å². The summed E-state index contributed by atoms with van der Waals surface area (Å²) in [5.74, 6) is 0. The fourth-order valence-electron chi connectivity index (χ4n) is 1.44. The molecule has 1 aliphatic heterocycles. The molecule has 0 bridgehead atoms. The number of alkyl halides is 1. The van der Waals surface area contributed by atoms with E-state index in [0.29, 0.717) is 13.1 Å². The summed E-state index contributed by atoms with van der Waals surface area (Å²) < 4.78 is 12.5. The van der Waals surface area contributed by atoms with Gasteiger partial charge in [-0.05, 0) is 6.42 Å². The summed E-state index contributed by atoms with van der Waals surface area (Å²) in [7, 11) is 0. The van der Waals surface area contributed by atoms with E-state index in [1.807, 2.05) is 6.20 Å². The summed E-state index contributed by atoms with van der Waals surface area (Å²) >= 11 is 1.74. The second kappa shape index (κ2) is 3.72. The summed E-state index contributed by atoms with van der Waals surface area (Å²) in [5, 5.41) is 1.17. The van der Waals surface area contributed by atoms with Crippen LogP contribution in [0.5, 0.6) is 0 Å². The Bertz CT molecular complexity index is 281. The molecule has 0 aromatic carbocycles. The van der Waals surface area contributed by atoms with E-state index in [4.69, 9.17) is 0 Å². The van der Waals surface area contributed by atoms with Crippen LogP contribution in [0.3, 0.4) is 0 Å². The van der Waals surface area contributed by atoms with Gasteiger partial charge >= 0.3 is 0 Å². The van der Waals surface area contributed by atoms with Gasteiger partial charge in [0.05, 0.1) is 5.01 Å². The van der Waals surface area contributed by atoms with Gasteiger partial charge in [-0.2, -0.15) is 0 Å². The summed E-state index contributed by atoms with van der Waals surface area (Å²) in [5.41, 5.74) is 0. The first-order valence-electron chi connectivity index (χ1n) is 4.58. The molecule has 1 saturated heterocycles. The van der Waals surface area contributed by atoms with Gasteiger partial charge < -0.3 is 0 Å². The van der Waals surface area contributed by atoms with Crippen LogP contribution < -0.4 is 0 Å². The zero-order valence-corrected chi connectivity index (χ0v) is 8.48. The molecule has 2 nitrogen and oxygen atoms in total. The summed E-state index contributed by atoms with van der Waals surface area (Å²) in [6.07, 6.45) is 2.31. The van der Waals surface area contributed by atoms with E-state index in [-0.39, 0.29) is 0 Å². The molecule has 4 heteroatoms. The first-order chi connectivity index (χ1) is 6.28. The van der Waals surface area contributed by atoms with Crippen molar-refractivity contribution in [3.05, 3.63) is 16.1 Å². The van der Waals surface area contributed by atoms with Crippen molar-refractivity contribution in [3.63, 3.8) is 0 Å². The van der Waals surface area contributed by atoms with Crippen LogP contribution in [-0.2, 0) is 13.0 Å². The minimum atomic E-state index is -0.599. The van der Waals surface area contributed by atoms with E-state index >= 15 is 0 Å². The third-order valence-corrected chi connectivity index (χ3v) is 3.32. The van der Waals surface area contributed by atoms with Crippen molar-refractivity contribution >= 4 is 11.3 Å². The molecule has 1 aliphatic rings. The molecule has 0 unspecified atom stereocenters. The quantitative estimate of drug-likeness (QED) is 0.740. The lowest BCUT2D eigenvalue weighted by molar-refractivity contribution is 0.0599. The molecular weight excluding hydrogens is 187 g/mol. The van der Waals surface area contributed by atoms with Gasteiger partial charge in [-0.1, -0.05) is 6.92 Å². The SMILES string of the molecule is CCc1ncc(CN2CC(F)C2)s1. The van der Waals surface area contributed by atoms with Crippen LogP contribution in [-0.4, -0.2) is 29.1 Å². The lowest BCUT2D eigenvalue weighted by Crippen LogP contribution is -2.47. The topological polar surface area (TPSA) is 16.1 Å². The Labute approximate surface area is 81.4 Å². The Kier molecular flexibility index (Phi) is 2.60. The monoisotopic (exact) mass is 200 g/mol. The van der Waals surface area contributed by atoms with Crippen LogP contribution in [0.1, 0.15) is 16.8 Å². The number of halogens is 1. The molecule has 72 valence electrons. The molecule has 2 heterocycles. The highest BCUT2D eigenvalue weighted by molar-refractivity contribution is 7.11. The number of likely N-dealkylation sites (tertiary alicyclic amines) is 1. The van der Waals surface area contributed by atoms with Crippen molar-refractivity contribution in [2.75, 3.05) is 13.1 Å². The second-order valence-corrected chi connectivity index (χ2v) is 4.56. The highest BCUT2D eigenvalue weighted by Gasteiger charge is 2.26. The van der Waals surface area contributed by atoms with Gasteiger partial charge in [0.25, 0.3) is 0 Å². The zero-order valence-electron chi connectivity index (χ0n) is 7.66. The summed E-state index contributed by atoms with van der Waals surface area (Å²) in [6.45, 7) is 4.17. The molecule has 0 aliphatic carbocycles. The molecule has 13 heavy (non-hydrogen) atoms. The highest BCUT2D eigenvalue weighted by Crippen LogP contribution is 2.19. The van der Waals surface area contributed by atoms with Crippen LogP contribution >= 0.6 is 11.3 Å². The van der Waals surface area contributed by atoms with E-state index in [1.165, 1.54) is 9.88 Å². The zero-order chi connectivity index (χ0) is 9.26. The van der Waals surface area contributed by atoms with Gasteiger partial charge in [-0.3, -0.25) is 4.90 Å². The maximum atomic E-state index is 12.5. The van der Waals surface area contributed by atoms with Crippen LogP contribution in [0.4, 0.5) is 4.39 Å². The Morgan fingerprint density at radius 3 is 3.00 bits per heavy atom. The van der Waals surface area contributed by atoms with Crippen LogP contribution in [0, 0.1) is 0 Å². The molecule has 0 atom stereocenters. The third-order valence-electron chi connectivity index (χ3n) is 2.20. The lowest BCUT2D eigenvalue weighted by atomic mass is 10.2. The number of nitrogens with zero attached hydrogens (tertiary/aromatic N) is 2. The number of hydrogen-bond acceptors (Lipinski definition) is 3. The average Bonchev–Trinajstić information content (AvgIpc) is 2.50. The molecule has 0 N–H and O–H groups in total. The summed E-state index contributed by atoms with van der Waals surface area (Å²) in [6, 6.07) is 0. The maximum absolute atomic E-state index is 12.5. The molecular formula is C9H13FN2S. The number of aryl methyl sites for hydroxylation is 1. The molecule has 0 saturated carbocycles. The average molecular weight is 200 g/mol. The number of thiazole rings is 1. The predicted octanol–water partition coefficient (Wildman–Crippen LogP) is 1.86.